The first kappa shape index (κ1) is 19.1. The molecule has 2 aromatic carbocycles. The number of rotatable bonds is 6. The second kappa shape index (κ2) is 8.84. The molecule has 0 bridgehead atoms. The molecule has 6 heteroatoms. The maximum atomic E-state index is 12.3. The van der Waals surface area contributed by atoms with E-state index in [0.717, 1.165) is 31.6 Å². The van der Waals surface area contributed by atoms with Crippen LogP contribution in [0.4, 0.5) is 0 Å². The highest BCUT2D eigenvalue weighted by Gasteiger charge is 2.15. The van der Waals surface area contributed by atoms with Gasteiger partial charge in [0.15, 0.2) is 0 Å². The van der Waals surface area contributed by atoms with Gasteiger partial charge in [0.2, 0.25) is 5.91 Å². The summed E-state index contributed by atoms with van der Waals surface area (Å²) in [6.45, 7) is 3.15. The van der Waals surface area contributed by atoms with Crippen molar-refractivity contribution >= 4 is 5.91 Å². The highest BCUT2D eigenvalue weighted by Crippen LogP contribution is 2.17. The smallest absolute Gasteiger partial charge is 0.267 e. The van der Waals surface area contributed by atoms with Gasteiger partial charge in [-0.1, -0.05) is 54.6 Å². The molecular formula is C23H24N4O2. The molecule has 2 heterocycles. The molecule has 148 valence electrons. The number of amides is 1. The first-order valence-electron chi connectivity index (χ1n) is 9.88. The summed E-state index contributed by atoms with van der Waals surface area (Å²) in [5.74, 6) is -0.206. The minimum Gasteiger partial charge on any atom is -0.353 e. The van der Waals surface area contributed by atoms with E-state index in [-0.39, 0.29) is 18.0 Å². The zero-order chi connectivity index (χ0) is 20.1. The lowest BCUT2D eigenvalue weighted by molar-refractivity contribution is -0.121. The minimum absolute atomic E-state index is 0.0810. The zero-order valence-electron chi connectivity index (χ0n) is 16.3. The maximum absolute atomic E-state index is 12.3. The Balaban J connectivity index is 1.31. The second-order valence-electron chi connectivity index (χ2n) is 7.23. The SMILES string of the molecule is O=C(Cn1nc(-c2ccccc2)ccc1=O)NCCN1CCc2ccccc2C1. The van der Waals surface area contributed by atoms with Gasteiger partial charge >= 0.3 is 0 Å². The van der Waals surface area contributed by atoms with Gasteiger partial charge in [-0.2, -0.15) is 5.10 Å². The molecule has 0 spiro atoms. The molecule has 4 rings (SSSR count). The molecule has 1 aliphatic rings. The van der Waals surface area contributed by atoms with Gasteiger partial charge in [-0.05, 0) is 23.6 Å². The predicted octanol–water partition coefficient (Wildman–Crippen LogP) is 2.08. The Kier molecular flexibility index (Phi) is 5.81. The second-order valence-corrected chi connectivity index (χ2v) is 7.23. The van der Waals surface area contributed by atoms with Gasteiger partial charge in [-0.25, -0.2) is 4.68 Å². The number of benzene rings is 2. The predicted molar refractivity (Wildman–Crippen MR) is 112 cm³/mol. The summed E-state index contributed by atoms with van der Waals surface area (Å²) in [6, 6.07) is 21.2. The van der Waals surface area contributed by atoms with E-state index < -0.39 is 0 Å². The van der Waals surface area contributed by atoms with Crippen LogP contribution in [0.5, 0.6) is 0 Å². The van der Waals surface area contributed by atoms with Gasteiger partial charge in [0.25, 0.3) is 5.56 Å². The lowest BCUT2D eigenvalue weighted by Crippen LogP contribution is -2.40. The van der Waals surface area contributed by atoms with Crippen LogP contribution in [0.1, 0.15) is 11.1 Å². The number of carbonyl (C=O) groups excluding carboxylic acids is 1. The van der Waals surface area contributed by atoms with E-state index in [4.69, 9.17) is 0 Å². The van der Waals surface area contributed by atoms with Crippen LogP contribution >= 0.6 is 0 Å². The van der Waals surface area contributed by atoms with Gasteiger partial charge in [0, 0.05) is 37.8 Å². The number of nitrogens with one attached hydrogen (secondary N) is 1. The van der Waals surface area contributed by atoms with E-state index in [1.807, 2.05) is 30.3 Å². The van der Waals surface area contributed by atoms with Gasteiger partial charge in [-0.15, -0.1) is 0 Å². The molecule has 1 aromatic heterocycles. The molecule has 0 saturated heterocycles. The summed E-state index contributed by atoms with van der Waals surface area (Å²) in [5.41, 5.74) is 4.07. The molecule has 1 amide bonds. The Bertz CT molecular complexity index is 1050. The van der Waals surface area contributed by atoms with E-state index >= 15 is 0 Å². The molecule has 0 saturated carbocycles. The Hall–Kier alpha value is -3.25. The van der Waals surface area contributed by atoms with Gasteiger partial charge in [0.1, 0.15) is 6.54 Å². The molecular weight excluding hydrogens is 364 g/mol. The van der Waals surface area contributed by atoms with Crippen LogP contribution in [0, 0.1) is 0 Å². The third kappa shape index (κ3) is 4.78. The summed E-state index contributed by atoms with van der Waals surface area (Å²) >= 11 is 0. The van der Waals surface area contributed by atoms with Crippen molar-refractivity contribution in [1.29, 1.82) is 0 Å². The number of nitrogens with zero attached hydrogens (tertiary/aromatic N) is 3. The highest BCUT2D eigenvalue weighted by molar-refractivity contribution is 5.75. The van der Waals surface area contributed by atoms with Crippen molar-refractivity contribution in [3.05, 3.63) is 88.2 Å². The third-order valence-electron chi connectivity index (χ3n) is 5.19. The molecule has 0 unspecified atom stereocenters. The van der Waals surface area contributed by atoms with E-state index in [0.29, 0.717) is 12.2 Å². The third-order valence-corrected chi connectivity index (χ3v) is 5.19. The van der Waals surface area contributed by atoms with Crippen molar-refractivity contribution in [2.24, 2.45) is 0 Å². The monoisotopic (exact) mass is 388 g/mol. The van der Waals surface area contributed by atoms with Crippen molar-refractivity contribution in [2.75, 3.05) is 19.6 Å². The Morgan fingerprint density at radius 1 is 0.966 bits per heavy atom. The molecule has 6 nitrogen and oxygen atoms in total. The van der Waals surface area contributed by atoms with Crippen LogP contribution in [0.3, 0.4) is 0 Å². The van der Waals surface area contributed by atoms with Crippen LogP contribution < -0.4 is 10.9 Å². The fraction of sp³-hybridized carbons (Fsp3) is 0.261. The average molecular weight is 388 g/mol. The largest absolute Gasteiger partial charge is 0.353 e. The first-order chi connectivity index (χ1) is 14.2. The topological polar surface area (TPSA) is 67.2 Å². The first-order valence-corrected chi connectivity index (χ1v) is 9.88. The minimum atomic E-state index is -0.285. The lowest BCUT2D eigenvalue weighted by atomic mass is 10.00. The van der Waals surface area contributed by atoms with Crippen molar-refractivity contribution in [3.63, 3.8) is 0 Å². The maximum Gasteiger partial charge on any atom is 0.267 e. The summed E-state index contributed by atoms with van der Waals surface area (Å²) in [5, 5.41) is 7.25. The Morgan fingerprint density at radius 3 is 2.55 bits per heavy atom. The lowest BCUT2D eigenvalue weighted by Gasteiger charge is -2.28. The molecule has 29 heavy (non-hydrogen) atoms. The van der Waals surface area contributed by atoms with Crippen molar-refractivity contribution in [3.8, 4) is 11.3 Å². The fourth-order valence-corrected chi connectivity index (χ4v) is 3.62. The molecule has 0 aliphatic carbocycles. The molecule has 1 N–H and O–H groups in total. The summed E-state index contributed by atoms with van der Waals surface area (Å²) in [4.78, 5) is 26.7. The van der Waals surface area contributed by atoms with Crippen molar-refractivity contribution < 1.29 is 4.79 Å². The average Bonchev–Trinajstić information content (AvgIpc) is 2.76. The molecule has 1 aliphatic heterocycles. The number of aromatic nitrogens is 2. The van der Waals surface area contributed by atoms with Gasteiger partial charge in [-0.3, -0.25) is 14.5 Å². The zero-order valence-corrected chi connectivity index (χ0v) is 16.3. The standard InChI is InChI=1S/C23H24N4O2/c28-22(24-13-15-26-14-12-18-6-4-5-9-20(18)16-26)17-27-23(29)11-10-21(25-27)19-7-2-1-3-8-19/h1-11H,12-17H2,(H,24,28). The van der Waals surface area contributed by atoms with Crippen molar-refractivity contribution in [2.45, 2.75) is 19.5 Å². The summed E-state index contributed by atoms with van der Waals surface area (Å²) < 4.78 is 1.22. The van der Waals surface area contributed by atoms with Crippen LogP contribution in [-0.2, 0) is 24.3 Å². The normalized spacial score (nSPS) is 13.7. The van der Waals surface area contributed by atoms with Crippen molar-refractivity contribution in [1.82, 2.24) is 20.0 Å². The quantitative estimate of drug-likeness (QED) is 0.702. The number of fused-ring (bicyclic) bond motifs is 1. The van der Waals surface area contributed by atoms with E-state index in [9.17, 15) is 9.59 Å². The van der Waals surface area contributed by atoms with Crippen LogP contribution in [0.25, 0.3) is 11.3 Å². The highest BCUT2D eigenvalue weighted by atomic mass is 16.2. The van der Waals surface area contributed by atoms with Gasteiger partial charge < -0.3 is 5.32 Å². The van der Waals surface area contributed by atoms with E-state index in [2.05, 4.69) is 39.6 Å². The van der Waals surface area contributed by atoms with E-state index in [1.54, 1.807) is 6.07 Å². The number of carbonyl (C=O) groups is 1. The summed E-state index contributed by atoms with van der Waals surface area (Å²) in [6.07, 6.45) is 1.04. The van der Waals surface area contributed by atoms with Crippen LogP contribution in [-0.4, -0.2) is 40.2 Å². The summed E-state index contributed by atoms with van der Waals surface area (Å²) in [7, 11) is 0. The number of hydrogen-bond donors (Lipinski definition) is 1. The Labute approximate surface area is 169 Å². The van der Waals surface area contributed by atoms with Gasteiger partial charge in [0.05, 0.1) is 5.69 Å². The molecule has 0 radical (unpaired) electrons. The fourth-order valence-electron chi connectivity index (χ4n) is 3.62. The van der Waals surface area contributed by atoms with Crippen LogP contribution in [0.2, 0.25) is 0 Å². The molecule has 0 fully saturated rings. The number of hydrogen-bond acceptors (Lipinski definition) is 4. The molecule has 0 atom stereocenters. The van der Waals surface area contributed by atoms with E-state index in [1.165, 1.54) is 21.9 Å². The van der Waals surface area contributed by atoms with Crippen LogP contribution in [0.15, 0.2) is 71.5 Å². The molecule has 3 aromatic rings. The Morgan fingerprint density at radius 2 is 1.72 bits per heavy atom.